The van der Waals surface area contributed by atoms with Gasteiger partial charge in [0.25, 0.3) is 0 Å². The minimum absolute atomic E-state index is 1.04. The molecular weight excluding hydrogens is 208 g/mol. The molecular formula is C15H13N2. The third kappa shape index (κ3) is 1.53. The Bertz CT molecular complexity index is 680. The molecule has 0 saturated carbocycles. The van der Waals surface area contributed by atoms with Crippen molar-refractivity contribution in [3.63, 3.8) is 0 Å². The Kier molecular flexibility index (Phi) is 2.22. The van der Waals surface area contributed by atoms with Gasteiger partial charge >= 0.3 is 0 Å². The second kappa shape index (κ2) is 3.74. The highest BCUT2D eigenvalue weighted by Crippen LogP contribution is 2.29. The van der Waals surface area contributed by atoms with E-state index in [0.717, 1.165) is 16.6 Å². The van der Waals surface area contributed by atoms with Crippen LogP contribution < -0.4 is 0 Å². The van der Waals surface area contributed by atoms with E-state index in [4.69, 9.17) is 0 Å². The van der Waals surface area contributed by atoms with Gasteiger partial charge in [-0.3, -0.25) is 0 Å². The topological polar surface area (TPSA) is 17.8 Å². The molecule has 2 heteroatoms. The fourth-order valence-corrected chi connectivity index (χ4v) is 2.17. The van der Waals surface area contributed by atoms with Crippen molar-refractivity contribution < 1.29 is 0 Å². The second-order valence-electron chi connectivity index (χ2n) is 4.27. The monoisotopic (exact) mass is 221 g/mol. The van der Waals surface area contributed by atoms with E-state index in [9.17, 15) is 0 Å². The van der Waals surface area contributed by atoms with Crippen molar-refractivity contribution in [2.24, 2.45) is 7.05 Å². The molecule has 3 rings (SSSR count). The maximum Gasteiger partial charge on any atom is 0.0963 e. The number of rotatable bonds is 1. The van der Waals surface area contributed by atoms with Crippen LogP contribution in [0.4, 0.5) is 0 Å². The van der Waals surface area contributed by atoms with Crippen molar-refractivity contribution in [2.75, 3.05) is 0 Å². The summed E-state index contributed by atoms with van der Waals surface area (Å²) in [6.07, 6.45) is 1.85. The molecule has 3 aromatic rings. The van der Waals surface area contributed by atoms with Crippen LogP contribution in [0, 0.1) is 13.0 Å². The Hall–Kier alpha value is -2.09. The molecule has 17 heavy (non-hydrogen) atoms. The first-order chi connectivity index (χ1) is 8.27. The van der Waals surface area contributed by atoms with Crippen LogP contribution in [-0.2, 0) is 7.05 Å². The van der Waals surface area contributed by atoms with Crippen LogP contribution in [-0.4, -0.2) is 9.55 Å². The van der Waals surface area contributed by atoms with Crippen molar-refractivity contribution >= 4 is 11.0 Å². The van der Waals surface area contributed by atoms with Gasteiger partial charge in [-0.25, -0.2) is 4.98 Å². The fraction of sp³-hybridized carbons (Fsp3) is 0.133. The summed E-state index contributed by atoms with van der Waals surface area (Å²) in [5.41, 5.74) is 5.81. The van der Waals surface area contributed by atoms with Gasteiger partial charge in [-0.05, 0) is 36.2 Å². The molecule has 1 radical (unpaired) electrons. The molecule has 2 nitrogen and oxygen atoms in total. The summed E-state index contributed by atoms with van der Waals surface area (Å²) < 4.78 is 2.02. The summed E-state index contributed by atoms with van der Waals surface area (Å²) in [6.45, 7) is 2.12. The Morgan fingerprint density at radius 1 is 1.12 bits per heavy atom. The smallest absolute Gasteiger partial charge is 0.0963 e. The van der Waals surface area contributed by atoms with Crippen LogP contribution in [0.5, 0.6) is 0 Å². The average molecular weight is 221 g/mol. The molecule has 1 heterocycles. The normalized spacial score (nSPS) is 10.9. The highest BCUT2D eigenvalue weighted by Gasteiger charge is 2.08. The number of fused-ring (bicyclic) bond motifs is 1. The van der Waals surface area contributed by atoms with Crippen LogP contribution in [0.15, 0.2) is 42.7 Å². The van der Waals surface area contributed by atoms with Gasteiger partial charge in [-0.15, -0.1) is 0 Å². The molecule has 0 unspecified atom stereocenters. The first kappa shape index (κ1) is 10.1. The van der Waals surface area contributed by atoms with Gasteiger partial charge in [0.15, 0.2) is 0 Å². The van der Waals surface area contributed by atoms with Gasteiger partial charge < -0.3 is 4.57 Å². The van der Waals surface area contributed by atoms with Crippen molar-refractivity contribution in [2.45, 2.75) is 6.92 Å². The summed E-state index contributed by atoms with van der Waals surface area (Å²) in [4.78, 5) is 4.48. The third-order valence-electron chi connectivity index (χ3n) is 3.12. The lowest BCUT2D eigenvalue weighted by Crippen LogP contribution is -1.86. The quantitative estimate of drug-likeness (QED) is 0.616. The van der Waals surface area contributed by atoms with E-state index in [2.05, 4.69) is 42.2 Å². The Morgan fingerprint density at radius 2 is 1.94 bits per heavy atom. The zero-order chi connectivity index (χ0) is 11.8. The number of imidazole rings is 1. The van der Waals surface area contributed by atoms with E-state index in [1.165, 1.54) is 11.1 Å². The molecule has 0 fully saturated rings. The van der Waals surface area contributed by atoms with Crippen LogP contribution in [0.3, 0.4) is 0 Å². The largest absolute Gasteiger partial charge is 0.334 e. The van der Waals surface area contributed by atoms with Crippen molar-refractivity contribution in [1.82, 2.24) is 9.55 Å². The molecule has 0 aliphatic rings. The van der Waals surface area contributed by atoms with Crippen LogP contribution >= 0.6 is 0 Å². The molecule has 0 aliphatic carbocycles. The summed E-state index contributed by atoms with van der Waals surface area (Å²) >= 11 is 0. The van der Waals surface area contributed by atoms with E-state index in [1.807, 2.05) is 30.1 Å². The molecule has 83 valence electrons. The SMILES string of the molecule is Cc1ccccc1-c1c[c]cc2c1ncn2C. The zero-order valence-electron chi connectivity index (χ0n) is 9.94. The van der Waals surface area contributed by atoms with Gasteiger partial charge in [0.05, 0.1) is 17.4 Å². The first-order valence-corrected chi connectivity index (χ1v) is 5.64. The molecule has 0 aliphatic heterocycles. The lowest BCUT2D eigenvalue weighted by molar-refractivity contribution is 0.947. The van der Waals surface area contributed by atoms with Gasteiger partial charge in [-0.1, -0.05) is 24.3 Å². The summed E-state index contributed by atoms with van der Waals surface area (Å²) in [5.74, 6) is 0. The molecule has 2 aromatic carbocycles. The van der Waals surface area contributed by atoms with Crippen molar-refractivity contribution in [1.29, 1.82) is 0 Å². The highest BCUT2D eigenvalue weighted by atomic mass is 15.0. The van der Waals surface area contributed by atoms with Gasteiger partial charge in [0, 0.05) is 12.6 Å². The minimum Gasteiger partial charge on any atom is -0.334 e. The van der Waals surface area contributed by atoms with Crippen molar-refractivity contribution in [3.05, 3.63) is 54.4 Å². The number of hydrogen-bond donors (Lipinski definition) is 0. The lowest BCUT2D eigenvalue weighted by atomic mass is 9.99. The molecule has 0 atom stereocenters. The maximum absolute atomic E-state index is 4.48. The van der Waals surface area contributed by atoms with E-state index >= 15 is 0 Å². The first-order valence-electron chi connectivity index (χ1n) is 5.64. The highest BCUT2D eigenvalue weighted by molar-refractivity contribution is 5.92. The van der Waals surface area contributed by atoms with E-state index < -0.39 is 0 Å². The molecule has 1 aromatic heterocycles. The second-order valence-corrected chi connectivity index (χ2v) is 4.27. The van der Waals surface area contributed by atoms with E-state index in [1.54, 1.807) is 0 Å². The van der Waals surface area contributed by atoms with Crippen LogP contribution in [0.2, 0.25) is 0 Å². The van der Waals surface area contributed by atoms with E-state index in [0.29, 0.717) is 0 Å². The molecule has 0 bridgehead atoms. The van der Waals surface area contributed by atoms with Crippen molar-refractivity contribution in [3.8, 4) is 11.1 Å². The predicted molar refractivity (Wildman–Crippen MR) is 69.7 cm³/mol. The zero-order valence-corrected chi connectivity index (χ0v) is 9.94. The van der Waals surface area contributed by atoms with Gasteiger partial charge in [-0.2, -0.15) is 0 Å². The summed E-state index contributed by atoms with van der Waals surface area (Å²) in [7, 11) is 2.00. The lowest BCUT2D eigenvalue weighted by Gasteiger charge is -2.06. The average Bonchev–Trinajstić information content (AvgIpc) is 2.72. The molecule has 0 spiro atoms. The minimum atomic E-state index is 1.04. The van der Waals surface area contributed by atoms with Crippen LogP contribution in [0.25, 0.3) is 22.2 Å². The molecule has 0 N–H and O–H groups in total. The van der Waals surface area contributed by atoms with Gasteiger partial charge in [0.2, 0.25) is 0 Å². The number of nitrogens with zero attached hydrogens (tertiary/aromatic N) is 2. The van der Waals surface area contributed by atoms with Gasteiger partial charge in [0.1, 0.15) is 0 Å². The standard InChI is InChI=1S/C15H13N2/c1-11-6-3-4-7-12(11)13-8-5-9-14-15(13)16-10-17(14)2/h3-4,6-10H,1-2H3. The predicted octanol–water partition coefficient (Wildman–Crippen LogP) is 3.35. The summed E-state index contributed by atoms with van der Waals surface area (Å²) in [6, 6.07) is 15.6. The van der Waals surface area contributed by atoms with E-state index in [-0.39, 0.29) is 0 Å². The molecule has 0 amide bonds. The Morgan fingerprint density at radius 3 is 2.76 bits per heavy atom. The Labute approximate surface area is 101 Å². The third-order valence-corrected chi connectivity index (χ3v) is 3.12. The number of aryl methyl sites for hydroxylation is 2. The Balaban J connectivity index is 2.35. The fourth-order valence-electron chi connectivity index (χ4n) is 2.17. The number of hydrogen-bond acceptors (Lipinski definition) is 1. The molecule has 0 saturated heterocycles. The summed E-state index contributed by atoms with van der Waals surface area (Å²) in [5, 5.41) is 0. The number of aromatic nitrogens is 2. The number of benzene rings is 2. The van der Waals surface area contributed by atoms with Crippen LogP contribution in [0.1, 0.15) is 5.56 Å². The maximum atomic E-state index is 4.48.